The molecule has 194 valence electrons. The van der Waals surface area contributed by atoms with Crippen molar-refractivity contribution in [2.45, 2.75) is 110 Å². The molecule has 1 heterocycles. The second-order valence-corrected chi connectivity index (χ2v) is 10.3. The monoisotopic (exact) mass is 487 g/mol. The highest BCUT2D eigenvalue weighted by molar-refractivity contribution is 5.69. The summed E-state index contributed by atoms with van der Waals surface area (Å²) in [6.45, 7) is 4.50. The van der Waals surface area contributed by atoms with Crippen molar-refractivity contribution in [3.8, 4) is 22.4 Å². The third kappa shape index (κ3) is 9.52. The Morgan fingerprint density at radius 3 is 1.53 bits per heavy atom. The molecule has 3 rings (SSSR count). The Hall–Kier alpha value is -2.48. The predicted molar refractivity (Wildman–Crippen MR) is 154 cm³/mol. The van der Waals surface area contributed by atoms with Gasteiger partial charge in [-0.15, -0.1) is 0 Å². The molecule has 0 radical (unpaired) electrons. The van der Waals surface area contributed by atoms with Gasteiger partial charge in [0.15, 0.2) is 0 Å². The number of aromatic nitrogens is 1. The summed E-state index contributed by atoms with van der Waals surface area (Å²) in [5, 5.41) is 0. The van der Waals surface area contributed by atoms with Crippen molar-refractivity contribution in [2.75, 3.05) is 0 Å². The van der Waals surface area contributed by atoms with Crippen molar-refractivity contribution in [2.24, 2.45) is 0 Å². The van der Waals surface area contributed by atoms with Gasteiger partial charge in [-0.25, -0.2) is 4.98 Å². The maximum absolute atomic E-state index is 14.6. The largest absolute Gasteiger partial charge is 0.219 e. The van der Waals surface area contributed by atoms with Crippen LogP contribution in [0.15, 0.2) is 60.7 Å². The lowest BCUT2D eigenvalue weighted by Gasteiger charge is -2.08. The minimum absolute atomic E-state index is 0.316. The lowest BCUT2D eigenvalue weighted by Crippen LogP contribution is -1.96. The van der Waals surface area contributed by atoms with Crippen LogP contribution in [0.3, 0.4) is 0 Å². The fraction of sp³-hybridized carbons (Fsp3) is 0.500. The molecule has 0 aliphatic carbocycles. The van der Waals surface area contributed by atoms with Gasteiger partial charge in [0.1, 0.15) is 0 Å². The second-order valence-electron chi connectivity index (χ2n) is 10.3. The van der Waals surface area contributed by atoms with E-state index in [1.165, 1.54) is 93.7 Å². The average Bonchev–Trinajstić information content (AvgIpc) is 2.91. The van der Waals surface area contributed by atoms with Gasteiger partial charge in [0.2, 0.25) is 5.95 Å². The number of rotatable bonds is 17. The summed E-state index contributed by atoms with van der Waals surface area (Å²) in [4.78, 5) is 4.28. The molecular weight excluding hydrogens is 441 g/mol. The molecule has 0 saturated carbocycles. The molecule has 36 heavy (non-hydrogen) atoms. The number of hydrogen-bond donors (Lipinski definition) is 0. The highest BCUT2D eigenvalue weighted by Gasteiger charge is 2.08. The highest BCUT2D eigenvalue weighted by Crippen LogP contribution is 2.26. The van der Waals surface area contributed by atoms with Gasteiger partial charge < -0.3 is 0 Å². The number of halogens is 1. The molecule has 0 atom stereocenters. The molecule has 1 nitrogen and oxygen atoms in total. The van der Waals surface area contributed by atoms with Crippen LogP contribution >= 0.6 is 0 Å². The number of pyridine rings is 1. The lowest BCUT2D eigenvalue weighted by atomic mass is 9.99. The van der Waals surface area contributed by atoms with Crippen molar-refractivity contribution in [1.82, 2.24) is 4.98 Å². The van der Waals surface area contributed by atoms with Crippen LogP contribution < -0.4 is 0 Å². The summed E-state index contributed by atoms with van der Waals surface area (Å²) in [5.41, 5.74) is 6.22. The molecule has 0 unspecified atom stereocenters. The predicted octanol–water partition coefficient (Wildman–Crippen LogP) is 10.8. The molecule has 0 spiro atoms. The fourth-order valence-corrected chi connectivity index (χ4v) is 4.89. The Morgan fingerprint density at radius 2 is 0.972 bits per heavy atom. The van der Waals surface area contributed by atoms with E-state index in [9.17, 15) is 4.39 Å². The van der Waals surface area contributed by atoms with Gasteiger partial charge in [-0.1, -0.05) is 139 Å². The number of nitrogens with zero attached hydrogens (tertiary/aromatic N) is 1. The van der Waals surface area contributed by atoms with E-state index < -0.39 is 0 Å². The maximum Gasteiger partial charge on any atom is 0.216 e. The lowest BCUT2D eigenvalue weighted by molar-refractivity contribution is 0.551. The van der Waals surface area contributed by atoms with Crippen LogP contribution in [0.2, 0.25) is 0 Å². The zero-order valence-corrected chi connectivity index (χ0v) is 22.7. The van der Waals surface area contributed by atoms with Crippen LogP contribution in [0.1, 0.15) is 108 Å². The molecule has 3 aromatic rings. The van der Waals surface area contributed by atoms with Crippen molar-refractivity contribution in [3.63, 3.8) is 0 Å². The molecule has 0 aliphatic rings. The van der Waals surface area contributed by atoms with Crippen LogP contribution in [-0.2, 0) is 12.8 Å². The zero-order valence-electron chi connectivity index (χ0n) is 22.7. The summed E-state index contributed by atoms with van der Waals surface area (Å²) >= 11 is 0. The first kappa shape index (κ1) is 28.1. The smallest absolute Gasteiger partial charge is 0.216 e. The van der Waals surface area contributed by atoms with Crippen molar-refractivity contribution < 1.29 is 4.39 Å². The van der Waals surface area contributed by atoms with Crippen molar-refractivity contribution >= 4 is 0 Å². The van der Waals surface area contributed by atoms with Crippen LogP contribution in [0.4, 0.5) is 4.39 Å². The number of unbranched alkanes of at least 4 members (excludes halogenated alkanes) is 11. The van der Waals surface area contributed by atoms with Crippen LogP contribution in [0.25, 0.3) is 22.4 Å². The Morgan fingerprint density at radius 1 is 0.500 bits per heavy atom. The molecule has 1 aromatic heterocycles. The second kappa shape index (κ2) is 16.3. The first-order valence-electron chi connectivity index (χ1n) is 14.6. The highest BCUT2D eigenvalue weighted by atomic mass is 19.1. The number of benzene rings is 2. The van der Waals surface area contributed by atoms with Gasteiger partial charge in [-0.05, 0) is 48.4 Å². The van der Waals surface area contributed by atoms with Crippen molar-refractivity contribution in [3.05, 3.63) is 77.7 Å². The van der Waals surface area contributed by atoms with E-state index in [2.05, 4.69) is 67.4 Å². The molecule has 0 bridgehead atoms. The SMILES string of the molecule is CCCCCCCCCc1ccc(-c2ccc(-c3ccc(CCCCCCCC)cc3)cc2)nc1F. The van der Waals surface area contributed by atoms with Gasteiger partial charge in [0.25, 0.3) is 0 Å². The minimum Gasteiger partial charge on any atom is -0.219 e. The average molecular weight is 488 g/mol. The van der Waals surface area contributed by atoms with E-state index in [1.807, 2.05) is 12.1 Å². The Kier molecular flexibility index (Phi) is 12.7. The van der Waals surface area contributed by atoms with Gasteiger partial charge in [0.05, 0.1) is 5.69 Å². The van der Waals surface area contributed by atoms with E-state index in [0.717, 1.165) is 30.4 Å². The van der Waals surface area contributed by atoms with Gasteiger partial charge >= 0.3 is 0 Å². The first-order chi connectivity index (χ1) is 17.7. The van der Waals surface area contributed by atoms with Crippen LogP contribution in [0, 0.1) is 5.95 Å². The third-order valence-corrected chi connectivity index (χ3v) is 7.26. The first-order valence-corrected chi connectivity index (χ1v) is 14.6. The van der Waals surface area contributed by atoms with Gasteiger partial charge in [-0.2, -0.15) is 4.39 Å². The Bertz CT molecular complexity index is 991. The van der Waals surface area contributed by atoms with Gasteiger partial charge in [-0.3, -0.25) is 0 Å². The van der Waals surface area contributed by atoms with E-state index >= 15 is 0 Å². The molecule has 0 saturated heterocycles. The summed E-state index contributed by atoms with van der Waals surface area (Å²) in [6, 6.07) is 21.2. The summed E-state index contributed by atoms with van der Waals surface area (Å²) in [7, 11) is 0. The normalized spacial score (nSPS) is 11.2. The minimum atomic E-state index is -0.316. The number of hydrogen-bond acceptors (Lipinski definition) is 1. The molecule has 2 heteroatoms. The van der Waals surface area contributed by atoms with Crippen LogP contribution in [-0.4, -0.2) is 4.98 Å². The standard InChI is InChI=1S/C34H46FN/c1-3-5-7-9-11-13-15-17-32-26-27-33(36-34(32)35)31-24-22-30(23-25-31)29-20-18-28(19-21-29)16-14-12-10-8-6-4-2/h18-27H,3-17H2,1-2H3. The Labute approximate surface area is 219 Å². The third-order valence-electron chi connectivity index (χ3n) is 7.26. The number of aryl methyl sites for hydroxylation is 2. The zero-order chi connectivity index (χ0) is 25.4. The van der Waals surface area contributed by atoms with E-state index in [1.54, 1.807) is 0 Å². The quantitative estimate of drug-likeness (QED) is 0.136. The van der Waals surface area contributed by atoms with Gasteiger partial charge in [0, 0.05) is 11.1 Å². The summed E-state index contributed by atoms with van der Waals surface area (Å²) in [6.07, 6.45) is 18.6. The summed E-state index contributed by atoms with van der Waals surface area (Å²) in [5.74, 6) is -0.316. The summed E-state index contributed by atoms with van der Waals surface area (Å²) < 4.78 is 14.6. The molecule has 0 aliphatic heterocycles. The Balaban J connectivity index is 1.48. The van der Waals surface area contributed by atoms with E-state index in [4.69, 9.17) is 0 Å². The fourth-order valence-electron chi connectivity index (χ4n) is 4.89. The molecule has 0 amide bonds. The maximum atomic E-state index is 14.6. The molecule has 2 aromatic carbocycles. The molecule has 0 N–H and O–H groups in total. The van der Waals surface area contributed by atoms with Crippen LogP contribution in [0.5, 0.6) is 0 Å². The topological polar surface area (TPSA) is 12.9 Å². The van der Waals surface area contributed by atoms with E-state index in [-0.39, 0.29) is 5.95 Å². The van der Waals surface area contributed by atoms with Crippen molar-refractivity contribution in [1.29, 1.82) is 0 Å². The molecule has 0 fully saturated rings. The van der Waals surface area contributed by atoms with E-state index in [0.29, 0.717) is 5.69 Å². The molecular formula is C34H46FN.